The third kappa shape index (κ3) is 3.07. The topological polar surface area (TPSA) is 68.0 Å². The molecule has 4 nitrogen and oxygen atoms in total. The van der Waals surface area contributed by atoms with Gasteiger partial charge in [0.1, 0.15) is 9.71 Å². The summed E-state index contributed by atoms with van der Waals surface area (Å²) in [6.45, 7) is 4.09. The van der Waals surface area contributed by atoms with Crippen LogP contribution in [0.25, 0.3) is 10.2 Å². The van der Waals surface area contributed by atoms with Crippen LogP contribution in [0.1, 0.15) is 51.3 Å². The molecule has 0 fully saturated rings. The monoisotopic (exact) mass is 365 g/mol. The third-order valence-electron chi connectivity index (χ3n) is 5.22. The van der Waals surface area contributed by atoms with Crippen LogP contribution < -0.4 is 11.1 Å². The molecule has 0 bridgehead atoms. The smallest absolute Gasteiger partial charge is 0.267 e. The van der Waals surface area contributed by atoms with Gasteiger partial charge in [0.15, 0.2) is 0 Å². The summed E-state index contributed by atoms with van der Waals surface area (Å²) < 4.78 is 0. The van der Waals surface area contributed by atoms with Crippen LogP contribution in [0.5, 0.6) is 0 Å². The van der Waals surface area contributed by atoms with Gasteiger partial charge < -0.3 is 11.1 Å². The van der Waals surface area contributed by atoms with E-state index in [0.29, 0.717) is 10.6 Å². The van der Waals surface area contributed by atoms with Crippen LogP contribution in [0.15, 0.2) is 24.3 Å². The Morgan fingerprint density at radius 3 is 2.73 bits per heavy atom. The van der Waals surface area contributed by atoms with Crippen molar-refractivity contribution in [2.24, 2.45) is 0 Å². The van der Waals surface area contributed by atoms with Gasteiger partial charge in [0.25, 0.3) is 5.91 Å². The van der Waals surface area contributed by atoms with E-state index in [1.54, 1.807) is 0 Å². The highest BCUT2D eigenvalue weighted by molar-refractivity contribution is 7.21. The van der Waals surface area contributed by atoms with Crippen molar-refractivity contribution in [1.29, 1.82) is 0 Å². The number of benzene rings is 1. The molecule has 2 aromatic heterocycles. The molecule has 0 spiro atoms. The second-order valence-corrected chi connectivity index (χ2v) is 8.10. The van der Waals surface area contributed by atoms with Gasteiger partial charge in [0, 0.05) is 16.8 Å². The molecule has 26 heavy (non-hydrogen) atoms. The largest absolute Gasteiger partial charge is 0.397 e. The van der Waals surface area contributed by atoms with Gasteiger partial charge in [-0.2, -0.15) is 0 Å². The molecule has 3 aromatic rings. The highest BCUT2D eigenvalue weighted by atomic mass is 32.1. The summed E-state index contributed by atoms with van der Waals surface area (Å²) in [4.78, 5) is 19.0. The molecule has 2 heterocycles. The molecule has 0 aliphatic heterocycles. The van der Waals surface area contributed by atoms with Gasteiger partial charge in [-0.1, -0.05) is 12.5 Å². The predicted molar refractivity (Wildman–Crippen MR) is 109 cm³/mol. The summed E-state index contributed by atoms with van der Waals surface area (Å²) in [5.74, 6) is -0.163. The molecule has 134 valence electrons. The van der Waals surface area contributed by atoms with E-state index >= 15 is 0 Å². The van der Waals surface area contributed by atoms with E-state index in [0.717, 1.165) is 34.3 Å². The zero-order valence-electron chi connectivity index (χ0n) is 15.2. The number of amides is 1. The van der Waals surface area contributed by atoms with Crippen LogP contribution in [-0.4, -0.2) is 10.9 Å². The van der Waals surface area contributed by atoms with Gasteiger partial charge in [-0.15, -0.1) is 11.3 Å². The number of rotatable bonds is 2. The second kappa shape index (κ2) is 6.72. The molecule has 0 atom stereocenters. The maximum absolute atomic E-state index is 12.8. The van der Waals surface area contributed by atoms with Crippen molar-refractivity contribution >= 4 is 38.8 Å². The summed E-state index contributed by atoms with van der Waals surface area (Å²) in [6.07, 6.45) is 5.71. The molecule has 1 amide bonds. The number of anilines is 2. The number of nitrogens with one attached hydrogen (secondary N) is 1. The standard InChI is InChI=1S/C21H23N3OS/c1-12-8-9-15(10-13(12)2)23-20(25)19-18(22)16-11-14-6-4-3-5-7-17(14)24-21(16)26-19/h8-11H,3-7,22H2,1-2H3,(H,23,25). The molecule has 4 rings (SSSR count). The van der Waals surface area contributed by atoms with E-state index in [-0.39, 0.29) is 5.91 Å². The molecule has 1 aliphatic rings. The maximum atomic E-state index is 12.8. The Kier molecular flexibility index (Phi) is 4.41. The molecular formula is C21H23N3OS. The van der Waals surface area contributed by atoms with Gasteiger partial charge in [0.2, 0.25) is 0 Å². The first-order valence-electron chi connectivity index (χ1n) is 9.12. The summed E-state index contributed by atoms with van der Waals surface area (Å²) >= 11 is 1.39. The minimum Gasteiger partial charge on any atom is -0.397 e. The first kappa shape index (κ1) is 17.0. The van der Waals surface area contributed by atoms with Crippen LogP contribution in [0.4, 0.5) is 11.4 Å². The number of thiophene rings is 1. The van der Waals surface area contributed by atoms with Crippen LogP contribution in [-0.2, 0) is 12.8 Å². The van der Waals surface area contributed by atoms with Crippen LogP contribution in [0.2, 0.25) is 0 Å². The van der Waals surface area contributed by atoms with Crippen molar-refractivity contribution in [3.63, 3.8) is 0 Å². The molecule has 3 N–H and O–H groups in total. The van der Waals surface area contributed by atoms with E-state index < -0.39 is 0 Å². The number of fused-ring (bicyclic) bond motifs is 2. The van der Waals surface area contributed by atoms with Gasteiger partial charge in [0.05, 0.1) is 5.69 Å². The average Bonchev–Trinajstić information content (AvgIpc) is 2.79. The van der Waals surface area contributed by atoms with Crippen LogP contribution >= 0.6 is 11.3 Å². The first-order chi connectivity index (χ1) is 12.5. The number of pyridine rings is 1. The second-order valence-electron chi connectivity index (χ2n) is 7.11. The Morgan fingerprint density at radius 2 is 1.92 bits per heavy atom. The number of nitrogen functional groups attached to an aromatic ring is 1. The normalized spacial score (nSPS) is 14.1. The molecule has 0 unspecified atom stereocenters. The number of nitrogens with zero attached hydrogens (tertiary/aromatic N) is 1. The Labute approximate surface area is 157 Å². The lowest BCUT2D eigenvalue weighted by molar-refractivity contribution is 0.103. The first-order valence-corrected chi connectivity index (χ1v) is 9.94. The van der Waals surface area contributed by atoms with Crippen LogP contribution in [0.3, 0.4) is 0 Å². The van der Waals surface area contributed by atoms with E-state index in [1.807, 2.05) is 25.1 Å². The molecule has 5 heteroatoms. The molecule has 1 aliphatic carbocycles. The van der Waals surface area contributed by atoms with E-state index in [4.69, 9.17) is 10.7 Å². The minimum atomic E-state index is -0.163. The van der Waals surface area contributed by atoms with Gasteiger partial charge in [-0.25, -0.2) is 4.98 Å². The number of hydrogen-bond donors (Lipinski definition) is 2. The molecule has 0 saturated heterocycles. The Hall–Kier alpha value is -2.40. The number of nitrogens with two attached hydrogens (primary N) is 1. The minimum absolute atomic E-state index is 0.163. The lowest BCUT2D eigenvalue weighted by Crippen LogP contribution is -2.12. The van der Waals surface area contributed by atoms with Gasteiger partial charge in [-0.05, 0) is 74.4 Å². The van der Waals surface area contributed by atoms with Crippen molar-refractivity contribution in [2.45, 2.75) is 46.0 Å². The highest BCUT2D eigenvalue weighted by Crippen LogP contribution is 2.35. The van der Waals surface area contributed by atoms with Crippen molar-refractivity contribution in [3.8, 4) is 0 Å². The predicted octanol–water partition coefficient (Wildman–Crippen LogP) is 5.02. The number of carbonyl (C=O) groups excluding carboxylic acids is 1. The lowest BCUT2D eigenvalue weighted by atomic mass is 10.1. The fourth-order valence-corrected chi connectivity index (χ4v) is 4.50. The Balaban J connectivity index is 1.68. The molecule has 1 aromatic carbocycles. The van der Waals surface area contributed by atoms with E-state index in [2.05, 4.69) is 18.3 Å². The SMILES string of the molecule is Cc1ccc(NC(=O)c2sc3nc4c(cc3c2N)CCCCC4)cc1C. The third-order valence-corrected chi connectivity index (χ3v) is 6.33. The number of hydrogen-bond acceptors (Lipinski definition) is 4. The maximum Gasteiger partial charge on any atom is 0.267 e. The summed E-state index contributed by atoms with van der Waals surface area (Å²) in [5, 5.41) is 3.89. The van der Waals surface area contributed by atoms with Crippen molar-refractivity contribution in [1.82, 2.24) is 4.98 Å². The zero-order valence-corrected chi connectivity index (χ0v) is 16.0. The Bertz CT molecular complexity index is 1010. The van der Waals surface area contributed by atoms with Gasteiger partial charge in [-0.3, -0.25) is 4.79 Å². The summed E-state index contributed by atoms with van der Waals surface area (Å²) in [5.41, 5.74) is 12.5. The summed E-state index contributed by atoms with van der Waals surface area (Å²) in [6, 6.07) is 8.07. The molecule has 0 saturated carbocycles. The zero-order chi connectivity index (χ0) is 18.3. The number of aryl methyl sites for hydroxylation is 4. The van der Waals surface area contributed by atoms with E-state index in [1.165, 1.54) is 47.4 Å². The highest BCUT2D eigenvalue weighted by Gasteiger charge is 2.20. The van der Waals surface area contributed by atoms with Gasteiger partial charge >= 0.3 is 0 Å². The van der Waals surface area contributed by atoms with E-state index in [9.17, 15) is 4.79 Å². The number of aromatic nitrogens is 1. The van der Waals surface area contributed by atoms with Crippen molar-refractivity contribution in [2.75, 3.05) is 11.1 Å². The Morgan fingerprint density at radius 1 is 1.12 bits per heavy atom. The lowest BCUT2D eigenvalue weighted by Gasteiger charge is -2.07. The summed E-state index contributed by atoms with van der Waals surface area (Å²) in [7, 11) is 0. The number of carbonyl (C=O) groups is 1. The fourth-order valence-electron chi connectivity index (χ4n) is 3.51. The average molecular weight is 366 g/mol. The molecule has 0 radical (unpaired) electrons. The van der Waals surface area contributed by atoms with Crippen molar-refractivity contribution in [3.05, 3.63) is 51.5 Å². The quantitative estimate of drug-likeness (QED) is 0.627. The molecular weight excluding hydrogens is 342 g/mol. The van der Waals surface area contributed by atoms with Crippen LogP contribution in [0, 0.1) is 13.8 Å². The fraction of sp³-hybridized carbons (Fsp3) is 0.333. The van der Waals surface area contributed by atoms with Crippen molar-refractivity contribution < 1.29 is 4.79 Å².